The number of nitrogens with zero attached hydrogens (tertiary/aromatic N) is 4. The second kappa shape index (κ2) is 54.1. The average molecular weight is 2120 g/mol. The standard InChI is InChI=1S/2C50H48N2Si.2C7H8.2C4H10O2.2Yb/c2*1-32-20-33(2)25-40(24-32)45-16-12-17-46(41-26-34(3)21-35(4)27-41)49(45)51-53(44-14-10-9-11-15-44)52-50-47(42-28-36(5)22-37(6)29-42)18-13-19-48(50)43-30-38(7)23-39(8)31-43;2*1-7-5-3-2-4-6-7;2*1-5-3-4-6-2;;/h2*9-31,53H,1-8H3;2*2-6H,1H3;2*3-4H2,1-2H3;;/q2*-2;;;;;2*+2. The van der Waals surface area contributed by atoms with Crippen LogP contribution in [0.2, 0.25) is 0 Å². The zero-order valence-corrected chi connectivity index (χ0v) is 88.0. The molecule has 0 atom stereocenters. The van der Waals surface area contributed by atoms with Gasteiger partial charge in [0.2, 0.25) is 0 Å². The van der Waals surface area contributed by atoms with Crippen LogP contribution in [0.15, 0.2) is 340 Å². The molecule has 0 aliphatic carbocycles. The van der Waals surface area contributed by atoms with Gasteiger partial charge in [0.05, 0.1) is 26.4 Å². The van der Waals surface area contributed by atoms with Gasteiger partial charge in [-0.3, -0.25) is 0 Å². The second-order valence-corrected chi connectivity index (χ2v) is 39.0. The largest absolute Gasteiger partial charge is 2.00 e. The van der Waals surface area contributed by atoms with Crippen LogP contribution in [0.3, 0.4) is 0 Å². The quantitative estimate of drug-likeness (QED) is 0.0445. The van der Waals surface area contributed by atoms with Crippen LogP contribution in [0.4, 0.5) is 22.7 Å². The van der Waals surface area contributed by atoms with Crippen molar-refractivity contribution in [3.63, 3.8) is 0 Å². The van der Waals surface area contributed by atoms with Gasteiger partial charge in [-0.05, 0) is 214 Å². The third kappa shape index (κ3) is 32.1. The van der Waals surface area contributed by atoms with E-state index >= 15 is 0 Å². The summed E-state index contributed by atoms with van der Waals surface area (Å²) in [6.07, 6.45) is 0. The average Bonchev–Trinajstić information content (AvgIpc) is 0.772. The van der Waals surface area contributed by atoms with Gasteiger partial charge in [-0.15, -0.1) is 51.4 Å². The molecule has 0 saturated heterocycles. The molecule has 16 aromatic rings. The van der Waals surface area contributed by atoms with Crippen LogP contribution in [0, 0.1) is 218 Å². The van der Waals surface area contributed by atoms with Gasteiger partial charge in [-0.25, -0.2) is 0 Å². The Hall–Kier alpha value is -9.97. The molecule has 0 fully saturated rings. The van der Waals surface area contributed by atoms with Gasteiger partial charge in [0.25, 0.3) is 0 Å². The Morgan fingerprint density at radius 2 is 0.299 bits per heavy atom. The Balaban J connectivity index is 0.000000234. The van der Waals surface area contributed by atoms with Crippen molar-refractivity contribution in [3.8, 4) is 89.0 Å². The number of methoxy groups -OCH3 is 4. The Labute approximate surface area is 882 Å². The molecule has 12 heteroatoms. The Morgan fingerprint density at radius 3 is 0.418 bits per heavy atom. The maximum atomic E-state index is 5.91. The second-order valence-electron chi connectivity index (χ2n) is 35.2. The van der Waals surface area contributed by atoms with Crippen molar-refractivity contribution in [2.45, 2.75) is 125 Å². The minimum Gasteiger partial charge on any atom is -0.697 e. The van der Waals surface area contributed by atoms with E-state index in [1.165, 1.54) is 155 Å². The van der Waals surface area contributed by atoms with Crippen LogP contribution < -0.4 is 10.4 Å². The molecule has 16 rings (SSSR count). The summed E-state index contributed by atoms with van der Waals surface area (Å²) >= 11 is 0. The predicted octanol–water partition coefficient (Wildman–Crippen LogP) is 31.9. The Bertz CT molecular complexity index is 5320. The first-order chi connectivity index (χ1) is 63.6. The molecule has 0 aliphatic heterocycles. The molecule has 0 aliphatic rings. The van der Waals surface area contributed by atoms with Crippen molar-refractivity contribution < 1.29 is 113 Å². The van der Waals surface area contributed by atoms with Gasteiger partial charge in [0, 0.05) is 28.4 Å². The van der Waals surface area contributed by atoms with Crippen molar-refractivity contribution in [1.82, 2.24) is 0 Å². The molecule has 134 heavy (non-hydrogen) atoms. The van der Waals surface area contributed by atoms with Gasteiger partial charge in [0.15, 0.2) is 0 Å². The molecule has 16 aromatic carbocycles. The van der Waals surface area contributed by atoms with Crippen molar-refractivity contribution in [1.29, 1.82) is 0 Å². The Kier molecular flexibility index (Phi) is 43.5. The minimum atomic E-state index is -2.50. The third-order valence-corrected chi connectivity index (χ3v) is 26.4. The molecule has 0 bridgehead atoms. The van der Waals surface area contributed by atoms with Crippen LogP contribution in [0.25, 0.3) is 109 Å². The summed E-state index contributed by atoms with van der Waals surface area (Å²) in [6.45, 7) is 41.8. The number of para-hydroxylation sites is 4. The van der Waals surface area contributed by atoms with Gasteiger partial charge >= 0.3 is 93.8 Å². The number of rotatable bonds is 24. The van der Waals surface area contributed by atoms with E-state index in [9.17, 15) is 0 Å². The van der Waals surface area contributed by atoms with E-state index in [1.54, 1.807) is 28.4 Å². The maximum Gasteiger partial charge on any atom is 2.00 e. The van der Waals surface area contributed by atoms with Crippen LogP contribution in [0.1, 0.15) is 100 Å². The maximum absolute atomic E-state index is 5.91. The van der Waals surface area contributed by atoms with Crippen LogP contribution in [-0.4, -0.2) is 73.1 Å². The zero-order chi connectivity index (χ0) is 94.3. The van der Waals surface area contributed by atoms with E-state index in [1.807, 2.05) is 36.4 Å². The molecule has 0 unspecified atom stereocenters. The fraction of sp³-hybridized carbons (Fsp3) is 0.213. The molecule has 0 aromatic heterocycles. The fourth-order valence-corrected chi connectivity index (χ4v) is 21.1. The summed E-state index contributed by atoms with van der Waals surface area (Å²) in [5.74, 6) is 0. The zero-order valence-electron chi connectivity index (χ0n) is 82.3. The van der Waals surface area contributed by atoms with Gasteiger partial charge in [0.1, 0.15) is 0 Å². The van der Waals surface area contributed by atoms with Crippen LogP contribution in [0.5, 0.6) is 0 Å². The summed E-state index contributed by atoms with van der Waals surface area (Å²) < 4.78 is 18.6. The number of hydrogen-bond acceptors (Lipinski definition) is 4. The number of ether oxygens (including phenoxy) is 4. The first-order valence-corrected chi connectivity index (χ1v) is 49.0. The van der Waals surface area contributed by atoms with Crippen molar-refractivity contribution in [2.75, 3.05) is 54.9 Å². The molecular weight excluding hydrogens is 1990 g/mol. The predicted molar refractivity (Wildman–Crippen MR) is 573 cm³/mol. The molecular formula is C122H132N4O4Si2Yb2. The fourth-order valence-electron chi connectivity index (χ4n) is 17.1. The Morgan fingerprint density at radius 1 is 0.164 bits per heavy atom. The van der Waals surface area contributed by atoms with Crippen LogP contribution >= 0.6 is 0 Å². The molecule has 0 N–H and O–H groups in total. The monoisotopic (exact) mass is 2120 g/mol. The minimum absolute atomic E-state index is 0. The molecule has 700 valence electrons. The molecule has 0 amide bonds. The van der Waals surface area contributed by atoms with Crippen LogP contribution in [-0.2, 0) is 18.9 Å². The molecule has 0 radical (unpaired) electrons. The summed E-state index contributed by atoms with van der Waals surface area (Å²) in [5.41, 5.74) is 45.0. The van der Waals surface area contributed by atoms with E-state index in [2.05, 4.69) is 447 Å². The molecule has 0 heterocycles. The number of aryl methyl sites for hydroxylation is 18. The molecule has 8 nitrogen and oxygen atoms in total. The van der Waals surface area contributed by atoms with E-state index in [0.717, 1.165) is 67.3 Å². The summed E-state index contributed by atoms with van der Waals surface area (Å²) in [5, 5.41) is 2.35. The van der Waals surface area contributed by atoms with Crippen molar-refractivity contribution in [3.05, 3.63) is 460 Å². The van der Waals surface area contributed by atoms with Gasteiger partial charge < -0.3 is 38.9 Å². The van der Waals surface area contributed by atoms with Crippen molar-refractivity contribution >= 4 is 51.4 Å². The molecule has 0 spiro atoms. The van der Waals surface area contributed by atoms with E-state index in [-0.39, 0.29) is 93.8 Å². The third-order valence-electron chi connectivity index (χ3n) is 22.5. The normalized spacial score (nSPS) is 10.6. The van der Waals surface area contributed by atoms with Gasteiger partial charge in [-0.2, -0.15) is 0 Å². The number of benzene rings is 16. The van der Waals surface area contributed by atoms with E-state index < -0.39 is 18.2 Å². The summed E-state index contributed by atoms with van der Waals surface area (Å²) in [4.78, 5) is 23.6. The van der Waals surface area contributed by atoms with E-state index in [0.29, 0.717) is 26.4 Å². The molecule has 0 saturated carbocycles. The summed E-state index contributed by atoms with van der Waals surface area (Å²) in [6, 6.07) is 123. The van der Waals surface area contributed by atoms with E-state index in [4.69, 9.17) is 19.9 Å². The number of hydrogen-bond donors (Lipinski definition) is 0. The topological polar surface area (TPSA) is 93.3 Å². The first-order valence-electron chi connectivity index (χ1n) is 45.8. The van der Waals surface area contributed by atoms with Crippen molar-refractivity contribution in [2.24, 2.45) is 0 Å². The van der Waals surface area contributed by atoms with Gasteiger partial charge in [-0.1, -0.05) is 440 Å². The smallest absolute Gasteiger partial charge is 0.697 e. The SMILES string of the molecule is COCCOC.COCCOC.Cc1cc(C)cc(-c2cccc(-c3cc(C)cc(C)c3)c2[N-][SiH]([N-]c2c(-c3cc(C)cc(C)c3)cccc2-c2cc(C)cc(C)c2)c2ccccc2)c1.Cc1cc(C)cc(-c2cccc(-c3cc(C)cc(C)c3)c2[N-][SiH]([N-]c2c(-c3cc(C)cc(C)c3)cccc2-c2cc(C)cc(C)c2)c2ccccc2)c1.Cc1ccccc1.Cc1ccccc1.[Yb+2].[Yb+2]. The first kappa shape index (κ1) is 108. The summed E-state index contributed by atoms with van der Waals surface area (Å²) in [7, 11) is 1.61.